The van der Waals surface area contributed by atoms with Gasteiger partial charge in [-0.3, -0.25) is 14.9 Å². The number of nitro groups is 1. The van der Waals surface area contributed by atoms with Gasteiger partial charge in [0.05, 0.1) is 17.6 Å². The Balaban J connectivity index is 2.11. The average molecular weight is 391 g/mol. The molecule has 0 spiro atoms. The molecule has 124 valence electrons. The van der Waals surface area contributed by atoms with Gasteiger partial charge in [0.1, 0.15) is 11.4 Å². The lowest BCUT2D eigenvalue weighted by Crippen LogP contribution is -2.00. The van der Waals surface area contributed by atoms with Crippen LogP contribution in [0.4, 0.5) is 11.4 Å². The summed E-state index contributed by atoms with van der Waals surface area (Å²) in [7, 11) is 0. The molecule has 2 aromatic rings. The molecule has 0 heterocycles. The van der Waals surface area contributed by atoms with E-state index in [1.807, 2.05) is 0 Å². The number of nitro benzene ring substituents is 1. The summed E-state index contributed by atoms with van der Waals surface area (Å²) < 4.78 is 6.13. The summed E-state index contributed by atoms with van der Waals surface area (Å²) >= 11 is 3.30. The summed E-state index contributed by atoms with van der Waals surface area (Å²) in [6, 6.07) is 11.4. The lowest BCUT2D eigenvalue weighted by molar-refractivity contribution is -0.384. The molecule has 7 heteroatoms. The normalized spacial score (nSPS) is 10.6. The minimum atomic E-state index is -0.505. The highest BCUT2D eigenvalue weighted by molar-refractivity contribution is 9.10. The van der Waals surface area contributed by atoms with Gasteiger partial charge in [-0.05, 0) is 43.3 Å². The molecule has 2 rings (SSSR count). The zero-order valence-corrected chi connectivity index (χ0v) is 14.4. The van der Waals surface area contributed by atoms with E-state index < -0.39 is 4.92 Å². The molecule has 24 heavy (non-hydrogen) atoms. The first kappa shape index (κ1) is 17.7. The molecule has 0 aliphatic carbocycles. The van der Waals surface area contributed by atoms with Crippen molar-refractivity contribution in [2.45, 2.75) is 6.92 Å². The second-order valence-corrected chi connectivity index (χ2v) is 5.63. The fourth-order valence-electron chi connectivity index (χ4n) is 1.96. The average Bonchev–Trinajstić information content (AvgIpc) is 2.56. The number of carbonyl (C=O) groups is 1. The Morgan fingerprint density at radius 3 is 2.62 bits per heavy atom. The van der Waals surface area contributed by atoms with Gasteiger partial charge in [0.2, 0.25) is 0 Å². The van der Waals surface area contributed by atoms with E-state index in [1.54, 1.807) is 37.3 Å². The molecule has 1 N–H and O–H groups in total. The van der Waals surface area contributed by atoms with E-state index in [0.29, 0.717) is 17.9 Å². The van der Waals surface area contributed by atoms with Crippen molar-refractivity contribution in [3.8, 4) is 5.75 Å². The predicted molar refractivity (Wildman–Crippen MR) is 95.5 cm³/mol. The van der Waals surface area contributed by atoms with Crippen LogP contribution in [0.25, 0.3) is 0 Å². The first-order valence-corrected chi connectivity index (χ1v) is 7.94. The molecule has 0 atom stereocenters. The van der Waals surface area contributed by atoms with Crippen LogP contribution in [0, 0.1) is 10.1 Å². The van der Waals surface area contributed by atoms with Gasteiger partial charge in [0.25, 0.3) is 5.69 Å². The van der Waals surface area contributed by atoms with Crippen LogP contribution in [0.3, 0.4) is 0 Å². The monoisotopic (exact) mass is 390 g/mol. The van der Waals surface area contributed by atoms with Crippen molar-refractivity contribution in [1.82, 2.24) is 0 Å². The molecule has 0 saturated carbocycles. The van der Waals surface area contributed by atoms with E-state index in [2.05, 4.69) is 21.2 Å². The molecule has 0 aliphatic heterocycles. The minimum Gasteiger partial charge on any atom is -0.494 e. The second-order valence-electron chi connectivity index (χ2n) is 4.72. The molecule has 2 aromatic carbocycles. The number of anilines is 1. The van der Waals surface area contributed by atoms with Gasteiger partial charge >= 0.3 is 0 Å². The van der Waals surface area contributed by atoms with E-state index in [0.717, 1.165) is 4.47 Å². The maximum Gasteiger partial charge on any atom is 0.296 e. The molecule has 0 amide bonds. The topological polar surface area (TPSA) is 81.5 Å². The summed E-state index contributed by atoms with van der Waals surface area (Å²) in [5, 5.41) is 13.9. The lowest BCUT2D eigenvalue weighted by atomic mass is 10.1. The lowest BCUT2D eigenvalue weighted by Gasteiger charge is -2.06. The highest BCUT2D eigenvalue weighted by atomic mass is 79.9. The second kappa shape index (κ2) is 8.26. The number of benzene rings is 2. The predicted octanol–water partition coefficient (Wildman–Crippen LogP) is 4.56. The van der Waals surface area contributed by atoms with E-state index >= 15 is 0 Å². The van der Waals surface area contributed by atoms with Gasteiger partial charge in [-0.25, -0.2) is 0 Å². The van der Waals surface area contributed by atoms with Crippen molar-refractivity contribution in [2.24, 2.45) is 0 Å². The highest BCUT2D eigenvalue weighted by Crippen LogP contribution is 2.29. The van der Waals surface area contributed by atoms with Gasteiger partial charge in [-0.1, -0.05) is 15.9 Å². The summed E-state index contributed by atoms with van der Waals surface area (Å²) in [6.07, 6.45) is 2.70. The van der Waals surface area contributed by atoms with Crippen molar-refractivity contribution in [1.29, 1.82) is 0 Å². The molecule has 6 nitrogen and oxygen atoms in total. The Morgan fingerprint density at radius 1 is 1.29 bits per heavy atom. The quantitative estimate of drug-likeness (QED) is 0.324. The fourth-order valence-corrected chi connectivity index (χ4v) is 2.22. The molecular weight excluding hydrogens is 376 g/mol. The van der Waals surface area contributed by atoms with Gasteiger partial charge in [-0.2, -0.15) is 0 Å². The first-order chi connectivity index (χ1) is 11.5. The Hall–Kier alpha value is -2.67. The minimum absolute atomic E-state index is 0.123. The third kappa shape index (κ3) is 4.66. The van der Waals surface area contributed by atoms with Crippen LogP contribution >= 0.6 is 15.9 Å². The first-order valence-electron chi connectivity index (χ1n) is 7.15. The third-order valence-corrected chi connectivity index (χ3v) is 3.61. The molecule has 0 unspecified atom stereocenters. The summed E-state index contributed by atoms with van der Waals surface area (Å²) in [6.45, 7) is 2.22. The van der Waals surface area contributed by atoms with Crippen LogP contribution in [0.1, 0.15) is 17.3 Å². The molecule has 0 aromatic heterocycles. The number of hydrogen-bond acceptors (Lipinski definition) is 5. The standard InChI is InChI=1S/C17H15BrN2O4/c1-2-24-14-7-8-15(16(11-14)20(22)23)19-10-9-17(21)12-3-5-13(18)6-4-12/h3-11,19H,2H2,1H3. The molecular formula is C17H15BrN2O4. The van der Waals surface area contributed by atoms with Crippen LogP contribution in [0.15, 0.2) is 59.2 Å². The van der Waals surface area contributed by atoms with Crippen molar-refractivity contribution in [2.75, 3.05) is 11.9 Å². The maximum atomic E-state index is 12.0. The Labute approximate surface area is 147 Å². The van der Waals surface area contributed by atoms with E-state index in [9.17, 15) is 14.9 Å². The smallest absolute Gasteiger partial charge is 0.296 e. The van der Waals surface area contributed by atoms with Crippen LogP contribution in [0.5, 0.6) is 5.75 Å². The van der Waals surface area contributed by atoms with Gasteiger partial charge in [-0.15, -0.1) is 0 Å². The number of allylic oxidation sites excluding steroid dienone is 1. The number of nitrogens with one attached hydrogen (secondary N) is 1. The van der Waals surface area contributed by atoms with E-state index in [4.69, 9.17) is 4.74 Å². The van der Waals surface area contributed by atoms with Crippen molar-refractivity contribution >= 4 is 33.1 Å². The highest BCUT2D eigenvalue weighted by Gasteiger charge is 2.14. The zero-order valence-electron chi connectivity index (χ0n) is 12.9. The molecule has 0 fully saturated rings. The summed E-state index contributed by atoms with van der Waals surface area (Å²) in [5.41, 5.74) is 0.683. The van der Waals surface area contributed by atoms with Crippen LogP contribution < -0.4 is 10.1 Å². The molecule has 0 radical (unpaired) electrons. The molecule has 0 bridgehead atoms. The number of nitrogens with zero attached hydrogens (tertiary/aromatic N) is 1. The zero-order chi connectivity index (χ0) is 17.5. The third-order valence-electron chi connectivity index (χ3n) is 3.08. The Bertz CT molecular complexity index is 773. The summed E-state index contributed by atoms with van der Waals surface area (Å²) in [4.78, 5) is 22.6. The number of hydrogen-bond donors (Lipinski definition) is 1. The Morgan fingerprint density at radius 2 is 2.00 bits per heavy atom. The van der Waals surface area contributed by atoms with Gasteiger partial charge < -0.3 is 10.1 Å². The van der Waals surface area contributed by atoms with Crippen LogP contribution in [-0.2, 0) is 0 Å². The summed E-state index contributed by atoms with van der Waals surface area (Å²) in [5.74, 6) is 0.216. The van der Waals surface area contributed by atoms with Gasteiger partial charge in [0, 0.05) is 22.3 Å². The van der Waals surface area contributed by atoms with E-state index in [-0.39, 0.29) is 17.2 Å². The van der Waals surface area contributed by atoms with Crippen LogP contribution in [0.2, 0.25) is 0 Å². The number of ether oxygens (including phenoxy) is 1. The molecule has 0 aliphatic rings. The van der Waals surface area contributed by atoms with Crippen molar-refractivity contribution in [3.05, 3.63) is 74.9 Å². The molecule has 0 saturated heterocycles. The van der Waals surface area contributed by atoms with Gasteiger partial charge in [0.15, 0.2) is 5.78 Å². The maximum absolute atomic E-state index is 12.0. The van der Waals surface area contributed by atoms with E-state index in [1.165, 1.54) is 24.4 Å². The number of carbonyl (C=O) groups excluding carboxylic acids is 1. The van der Waals surface area contributed by atoms with Crippen molar-refractivity contribution in [3.63, 3.8) is 0 Å². The number of rotatable bonds is 7. The number of halogens is 1. The largest absolute Gasteiger partial charge is 0.494 e. The number of ketones is 1. The van der Waals surface area contributed by atoms with Crippen molar-refractivity contribution < 1.29 is 14.5 Å². The SMILES string of the molecule is CCOc1ccc(NC=CC(=O)c2ccc(Br)cc2)c([N+](=O)[O-])c1. The fraction of sp³-hybridized carbons (Fsp3) is 0.118. The van der Waals surface area contributed by atoms with Crippen LogP contribution in [-0.4, -0.2) is 17.3 Å². The Kier molecular flexibility index (Phi) is 6.08.